The van der Waals surface area contributed by atoms with E-state index in [0.717, 1.165) is 16.0 Å². The molecule has 28 heavy (non-hydrogen) atoms. The number of ether oxygens (including phenoxy) is 2. The lowest BCUT2D eigenvalue weighted by molar-refractivity contribution is -0.133. The number of rotatable bonds is 4. The normalized spacial score (nSPS) is 14.1. The number of carbonyl (C=O) groups excluding carboxylic acids is 2. The van der Waals surface area contributed by atoms with Gasteiger partial charge >= 0.3 is 5.97 Å². The van der Waals surface area contributed by atoms with Crippen LogP contribution < -0.4 is 9.47 Å². The van der Waals surface area contributed by atoms with Crippen molar-refractivity contribution in [3.63, 3.8) is 0 Å². The van der Waals surface area contributed by atoms with E-state index in [4.69, 9.17) is 9.47 Å². The maximum absolute atomic E-state index is 12.7. The second-order valence-corrected chi connectivity index (χ2v) is 7.68. The van der Waals surface area contributed by atoms with Gasteiger partial charge in [-0.1, -0.05) is 35.9 Å². The summed E-state index contributed by atoms with van der Waals surface area (Å²) < 4.78 is 11.3. The minimum atomic E-state index is -0.342. The number of ketones is 1. The van der Waals surface area contributed by atoms with Gasteiger partial charge in [0.2, 0.25) is 5.78 Å². The van der Waals surface area contributed by atoms with Crippen molar-refractivity contribution in [3.05, 3.63) is 86.8 Å². The third-order valence-corrected chi connectivity index (χ3v) is 5.38. The second kappa shape index (κ2) is 7.44. The van der Waals surface area contributed by atoms with Crippen molar-refractivity contribution in [1.82, 2.24) is 0 Å². The van der Waals surface area contributed by atoms with E-state index in [-0.39, 0.29) is 23.9 Å². The Morgan fingerprint density at radius 2 is 2.00 bits per heavy atom. The minimum Gasteiger partial charge on any atom is -0.452 e. The van der Waals surface area contributed by atoms with Crippen molar-refractivity contribution >= 4 is 29.2 Å². The van der Waals surface area contributed by atoms with E-state index >= 15 is 0 Å². The Hall–Kier alpha value is -3.18. The largest absolute Gasteiger partial charge is 0.452 e. The van der Waals surface area contributed by atoms with Crippen LogP contribution in [0.4, 0.5) is 0 Å². The van der Waals surface area contributed by atoms with Gasteiger partial charge in [0.05, 0.1) is 12.0 Å². The van der Waals surface area contributed by atoms with Crippen LogP contribution in [0.25, 0.3) is 6.08 Å². The fourth-order valence-electron chi connectivity index (χ4n) is 3.10. The summed E-state index contributed by atoms with van der Waals surface area (Å²) in [5.41, 5.74) is 3.12. The molecule has 0 N–H and O–H groups in total. The SMILES string of the molecule is Cc1cccc(/C=C2\Oc3c(ccc(OC(=O)Cc4cccs4)c3C)C2=O)c1. The van der Waals surface area contributed by atoms with Crippen molar-refractivity contribution in [2.45, 2.75) is 20.3 Å². The van der Waals surface area contributed by atoms with Gasteiger partial charge in [0.15, 0.2) is 5.76 Å². The lowest BCUT2D eigenvalue weighted by Gasteiger charge is -2.09. The molecule has 0 atom stereocenters. The first-order valence-corrected chi connectivity index (χ1v) is 9.77. The smallest absolute Gasteiger partial charge is 0.316 e. The van der Waals surface area contributed by atoms with E-state index in [9.17, 15) is 9.59 Å². The standard InChI is InChI=1S/C23H18O4S/c1-14-5-3-6-16(11-14)12-20-22(25)18-8-9-19(15(2)23(18)27-20)26-21(24)13-17-7-4-10-28-17/h3-12H,13H2,1-2H3/b20-12-. The van der Waals surface area contributed by atoms with Crippen LogP contribution in [0, 0.1) is 13.8 Å². The fraction of sp³-hybridized carbons (Fsp3) is 0.130. The maximum atomic E-state index is 12.7. The highest BCUT2D eigenvalue weighted by atomic mass is 32.1. The van der Waals surface area contributed by atoms with E-state index in [0.29, 0.717) is 22.6 Å². The van der Waals surface area contributed by atoms with Crippen molar-refractivity contribution in [1.29, 1.82) is 0 Å². The Morgan fingerprint density at radius 3 is 2.75 bits per heavy atom. The molecule has 0 saturated heterocycles. The molecule has 5 heteroatoms. The Labute approximate surface area is 167 Å². The van der Waals surface area contributed by atoms with E-state index in [1.54, 1.807) is 25.1 Å². The number of hydrogen-bond acceptors (Lipinski definition) is 5. The number of carbonyl (C=O) groups is 2. The molecule has 0 radical (unpaired) electrons. The van der Waals surface area contributed by atoms with E-state index in [2.05, 4.69) is 0 Å². The molecule has 0 unspecified atom stereocenters. The number of aryl methyl sites for hydroxylation is 1. The summed E-state index contributed by atoms with van der Waals surface area (Å²) in [7, 11) is 0. The van der Waals surface area contributed by atoms with Gasteiger partial charge in [-0.3, -0.25) is 9.59 Å². The summed E-state index contributed by atoms with van der Waals surface area (Å²) in [5.74, 6) is 0.613. The minimum absolute atomic E-state index is 0.170. The van der Waals surface area contributed by atoms with Crippen molar-refractivity contribution < 1.29 is 19.1 Å². The third-order valence-electron chi connectivity index (χ3n) is 4.50. The molecule has 0 saturated carbocycles. The molecule has 1 aromatic heterocycles. The number of allylic oxidation sites excluding steroid dienone is 1. The topological polar surface area (TPSA) is 52.6 Å². The van der Waals surface area contributed by atoms with Crippen LogP contribution in [-0.2, 0) is 11.2 Å². The van der Waals surface area contributed by atoms with Crippen LogP contribution in [0.2, 0.25) is 0 Å². The molecule has 0 fully saturated rings. The molecule has 0 bridgehead atoms. The third kappa shape index (κ3) is 3.62. The Balaban J connectivity index is 1.57. The van der Waals surface area contributed by atoms with Gasteiger partial charge in [0, 0.05) is 10.4 Å². The first kappa shape index (κ1) is 18.2. The zero-order valence-corrected chi connectivity index (χ0v) is 16.3. The number of esters is 1. The van der Waals surface area contributed by atoms with Crippen molar-refractivity contribution in [2.75, 3.05) is 0 Å². The van der Waals surface area contributed by atoms with Crippen LogP contribution in [0.1, 0.15) is 31.9 Å². The average molecular weight is 390 g/mol. The predicted molar refractivity (Wildman–Crippen MR) is 109 cm³/mol. The molecule has 140 valence electrons. The summed E-state index contributed by atoms with van der Waals surface area (Å²) in [6.45, 7) is 3.78. The highest BCUT2D eigenvalue weighted by Gasteiger charge is 2.30. The van der Waals surface area contributed by atoms with Gasteiger partial charge in [-0.05, 0) is 49.1 Å². The van der Waals surface area contributed by atoms with Crippen molar-refractivity contribution in [2.24, 2.45) is 0 Å². The molecule has 4 nitrogen and oxygen atoms in total. The molecule has 0 aliphatic carbocycles. The van der Waals surface area contributed by atoms with Crippen LogP contribution >= 0.6 is 11.3 Å². The molecule has 4 rings (SSSR count). The first-order chi connectivity index (χ1) is 13.5. The Bertz CT molecular complexity index is 1090. The van der Waals surface area contributed by atoms with Crippen LogP contribution in [0.5, 0.6) is 11.5 Å². The molecule has 1 aliphatic rings. The first-order valence-electron chi connectivity index (χ1n) is 8.89. The summed E-state index contributed by atoms with van der Waals surface area (Å²) >= 11 is 1.51. The zero-order valence-electron chi connectivity index (χ0n) is 15.5. The van der Waals surface area contributed by atoms with Gasteiger partial charge in [-0.25, -0.2) is 0 Å². The summed E-state index contributed by atoms with van der Waals surface area (Å²) in [5, 5.41) is 1.92. The number of Topliss-reactive ketones (excluding diaryl/α,β-unsaturated/α-hetero) is 1. The summed E-state index contributed by atoms with van der Waals surface area (Å²) in [4.78, 5) is 25.8. The quantitative estimate of drug-likeness (QED) is 0.352. The van der Waals surface area contributed by atoms with E-state index < -0.39 is 0 Å². The van der Waals surface area contributed by atoms with Gasteiger partial charge in [-0.15, -0.1) is 11.3 Å². The molecule has 0 spiro atoms. The number of thiophene rings is 1. The summed E-state index contributed by atoms with van der Waals surface area (Å²) in [6, 6.07) is 14.9. The molecule has 3 aromatic rings. The van der Waals surface area contributed by atoms with Crippen LogP contribution in [0.15, 0.2) is 59.7 Å². The number of hydrogen-bond donors (Lipinski definition) is 0. The Morgan fingerprint density at radius 1 is 1.14 bits per heavy atom. The lowest BCUT2D eigenvalue weighted by Crippen LogP contribution is -2.11. The van der Waals surface area contributed by atoms with E-state index in [1.165, 1.54) is 11.3 Å². The molecule has 2 aromatic carbocycles. The molecular formula is C23H18O4S. The lowest BCUT2D eigenvalue weighted by atomic mass is 10.1. The molecule has 2 heterocycles. The summed E-state index contributed by atoms with van der Waals surface area (Å²) in [6.07, 6.45) is 1.95. The predicted octanol–water partition coefficient (Wildman–Crippen LogP) is 5.13. The second-order valence-electron chi connectivity index (χ2n) is 6.65. The maximum Gasteiger partial charge on any atom is 0.316 e. The molecule has 1 aliphatic heterocycles. The number of benzene rings is 2. The average Bonchev–Trinajstić information content (AvgIpc) is 3.27. The highest BCUT2D eigenvalue weighted by molar-refractivity contribution is 7.10. The Kier molecular flexibility index (Phi) is 4.84. The van der Waals surface area contributed by atoms with Gasteiger partial charge < -0.3 is 9.47 Å². The monoisotopic (exact) mass is 390 g/mol. The molecule has 0 amide bonds. The zero-order chi connectivity index (χ0) is 19.7. The van der Waals surface area contributed by atoms with Gasteiger partial charge in [0.1, 0.15) is 11.5 Å². The van der Waals surface area contributed by atoms with Crippen LogP contribution in [0.3, 0.4) is 0 Å². The van der Waals surface area contributed by atoms with E-state index in [1.807, 2.05) is 48.7 Å². The number of fused-ring (bicyclic) bond motifs is 1. The van der Waals surface area contributed by atoms with Crippen LogP contribution in [-0.4, -0.2) is 11.8 Å². The van der Waals surface area contributed by atoms with Crippen molar-refractivity contribution in [3.8, 4) is 11.5 Å². The molecular weight excluding hydrogens is 372 g/mol. The fourth-order valence-corrected chi connectivity index (χ4v) is 3.79. The van der Waals surface area contributed by atoms with Gasteiger partial charge in [0.25, 0.3) is 0 Å². The highest BCUT2D eigenvalue weighted by Crippen LogP contribution is 2.39. The van der Waals surface area contributed by atoms with Gasteiger partial charge in [-0.2, -0.15) is 0 Å².